The van der Waals surface area contributed by atoms with Crippen molar-refractivity contribution in [2.75, 3.05) is 9.80 Å². The second-order valence-corrected chi connectivity index (χ2v) is 14.4. The summed E-state index contributed by atoms with van der Waals surface area (Å²) in [6.45, 7) is 12.9. The number of rotatable bonds is 10. The number of benzene rings is 7. The summed E-state index contributed by atoms with van der Waals surface area (Å²) in [7, 11) is 0. The molecule has 0 spiro atoms. The third kappa shape index (κ3) is 8.30. The Morgan fingerprint density at radius 1 is 0.278 bits per heavy atom. The lowest BCUT2D eigenvalue weighted by Gasteiger charge is -2.26. The van der Waals surface area contributed by atoms with Gasteiger partial charge in [0.05, 0.1) is 0 Å². The largest absolute Gasteiger partial charge is 0.310 e. The van der Waals surface area contributed by atoms with Crippen LogP contribution >= 0.6 is 0 Å². The van der Waals surface area contributed by atoms with Crippen molar-refractivity contribution < 1.29 is 0 Å². The van der Waals surface area contributed by atoms with E-state index >= 15 is 0 Å². The van der Waals surface area contributed by atoms with Crippen LogP contribution in [0.5, 0.6) is 0 Å². The molecule has 0 amide bonds. The molecule has 0 fully saturated rings. The summed E-state index contributed by atoms with van der Waals surface area (Å²) < 4.78 is 0. The van der Waals surface area contributed by atoms with Gasteiger partial charge in [-0.15, -0.1) is 0 Å². The van der Waals surface area contributed by atoms with E-state index in [1.165, 1.54) is 55.6 Å². The zero-order valence-corrected chi connectivity index (χ0v) is 32.2. The summed E-state index contributed by atoms with van der Waals surface area (Å²) in [5.74, 6) is 0. The third-order valence-electron chi connectivity index (χ3n) is 10.1. The summed E-state index contributed by atoms with van der Waals surface area (Å²) in [6, 6.07) is 57.1. The van der Waals surface area contributed by atoms with E-state index in [2.05, 4.69) is 233 Å². The highest BCUT2D eigenvalue weighted by atomic mass is 15.1. The van der Waals surface area contributed by atoms with Crippen molar-refractivity contribution in [2.45, 2.75) is 41.5 Å². The van der Waals surface area contributed by atoms with Crippen LogP contribution in [0.3, 0.4) is 0 Å². The second kappa shape index (κ2) is 16.1. The SMILES string of the molecule is Cc1ccc(N(c2ccc(C)cc2)c2ccc(C=Cc3ccccc3C=Cc3ccc(N(c4ccc(C)cc4)c4ccc(C)cc4)cc3C)c(C)c2)cc1. The maximum Gasteiger partial charge on any atom is 0.0464 e. The maximum atomic E-state index is 2.33. The van der Waals surface area contributed by atoms with E-state index in [-0.39, 0.29) is 0 Å². The van der Waals surface area contributed by atoms with Crippen LogP contribution in [-0.2, 0) is 0 Å². The number of anilines is 6. The van der Waals surface area contributed by atoms with Gasteiger partial charge in [0, 0.05) is 34.1 Å². The topological polar surface area (TPSA) is 6.48 Å². The molecule has 7 aromatic rings. The first-order chi connectivity index (χ1) is 26.2. The minimum atomic E-state index is 1.14. The Labute approximate surface area is 322 Å². The van der Waals surface area contributed by atoms with Gasteiger partial charge in [0.1, 0.15) is 0 Å². The molecule has 0 bridgehead atoms. The van der Waals surface area contributed by atoms with Crippen molar-refractivity contribution in [3.8, 4) is 0 Å². The first-order valence-corrected chi connectivity index (χ1v) is 18.8. The lowest BCUT2D eigenvalue weighted by Crippen LogP contribution is -2.10. The van der Waals surface area contributed by atoms with Crippen LogP contribution in [-0.4, -0.2) is 0 Å². The van der Waals surface area contributed by atoms with Gasteiger partial charge >= 0.3 is 0 Å². The van der Waals surface area contributed by atoms with Gasteiger partial charge < -0.3 is 9.80 Å². The Hall–Kier alpha value is -6.38. The van der Waals surface area contributed by atoms with E-state index in [9.17, 15) is 0 Å². The average molecular weight is 701 g/mol. The smallest absolute Gasteiger partial charge is 0.0464 e. The van der Waals surface area contributed by atoms with Crippen LogP contribution in [0.15, 0.2) is 158 Å². The monoisotopic (exact) mass is 700 g/mol. The fourth-order valence-corrected chi connectivity index (χ4v) is 6.82. The standard InChI is InChI=1S/C52H48N2/c1-37-11-25-47(26-12-37)53(48-27-13-38(2)14-28-48)51-33-23-43(41(5)35-51)19-21-45-9-7-8-10-46(45)22-20-44-24-34-52(36-42(44)6)54(49-29-15-39(3)16-30-49)50-31-17-40(4)18-32-50/h7-36H,1-6H3. The average Bonchev–Trinajstić information content (AvgIpc) is 3.18. The van der Waals surface area contributed by atoms with Gasteiger partial charge in [-0.05, 0) is 148 Å². The van der Waals surface area contributed by atoms with E-state index in [1.54, 1.807) is 0 Å². The van der Waals surface area contributed by atoms with Gasteiger partial charge in [0.25, 0.3) is 0 Å². The van der Waals surface area contributed by atoms with Crippen LogP contribution in [0.2, 0.25) is 0 Å². The third-order valence-corrected chi connectivity index (χ3v) is 10.1. The number of hydrogen-bond donors (Lipinski definition) is 0. The second-order valence-electron chi connectivity index (χ2n) is 14.4. The van der Waals surface area contributed by atoms with E-state index in [4.69, 9.17) is 0 Å². The molecule has 0 heterocycles. The Kier molecular flexibility index (Phi) is 10.7. The highest BCUT2D eigenvalue weighted by molar-refractivity contribution is 5.84. The molecular formula is C52H48N2. The Morgan fingerprint density at radius 2 is 0.537 bits per heavy atom. The van der Waals surface area contributed by atoms with Crippen LogP contribution in [0.1, 0.15) is 55.6 Å². The van der Waals surface area contributed by atoms with Crippen molar-refractivity contribution in [1.82, 2.24) is 0 Å². The fraction of sp³-hybridized carbons (Fsp3) is 0.115. The van der Waals surface area contributed by atoms with Crippen molar-refractivity contribution in [1.29, 1.82) is 0 Å². The van der Waals surface area contributed by atoms with E-state index in [0.717, 1.165) is 34.1 Å². The predicted octanol–water partition coefficient (Wildman–Crippen LogP) is 14.8. The molecule has 0 saturated heterocycles. The molecule has 54 heavy (non-hydrogen) atoms. The highest BCUT2D eigenvalue weighted by Gasteiger charge is 2.15. The predicted molar refractivity (Wildman–Crippen MR) is 235 cm³/mol. The Balaban J connectivity index is 1.13. The molecule has 0 atom stereocenters. The van der Waals surface area contributed by atoms with Crippen molar-refractivity contribution in [3.05, 3.63) is 213 Å². The van der Waals surface area contributed by atoms with E-state index in [1.807, 2.05) is 0 Å². The Morgan fingerprint density at radius 3 is 0.815 bits per heavy atom. The first kappa shape index (κ1) is 36.0. The molecule has 2 heteroatoms. The van der Waals surface area contributed by atoms with E-state index in [0.29, 0.717) is 0 Å². The van der Waals surface area contributed by atoms with Gasteiger partial charge in [-0.1, -0.05) is 131 Å². The molecule has 0 aliphatic carbocycles. The van der Waals surface area contributed by atoms with Crippen LogP contribution in [0.25, 0.3) is 24.3 Å². The quantitative estimate of drug-likeness (QED) is 0.131. The minimum absolute atomic E-state index is 1.14. The van der Waals surface area contributed by atoms with Gasteiger partial charge in [0.2, 0.25) is 0 Å². The molecule has 2 nitrogen and oxygen atoms in total. The molecule has 7 rings (SSSR count). The molecule has 0 aliphatic heterocycles. The lowest BCUT2D eigenvalue weighted by molar-refractivity contribution is 1.25. The van der Waals surface area contributed by atoms with Crippen LogP contribution in [0.4, 0.5) is 34.1 Å². The molecule has 0 aromatic heterocycles. The first-order valence-electron chi connectivity index (χ1n) is 18.8. The minimum Gasteiger partial charge on any atom is -0.310 e. The van der Waals surface area contributed by atoms with Crippen molar-refractivity contribution in [2.24, 2.45) is 0 Å². The van der Waals surface area contributed by atoms with Gasteiger partial charge in [0.15, 0.2) is 0 Å². The van der Waals surface area contributed by atoms with Gasteiger partial charge in [-0.3, -0.25) is 0 Å². The van der Waals surface area contributed by atoms with Crippen molar-refractivity contribution >= 4 is 58.4 Å². The number of hydrogen-bond acceptors (Lipinski definition) is 2. The summed E-state index contributed by atoms with van der Waals surface area (Å²) in [6.07, 6.45) is 8.93. The van der Waals surface area contributed by atoms with Gasteiger partial charge in [-0.25, -0.2) is 0 Å². The number of aryl methyl sites for hydroxylation is 6. The molecule has 0 unspecified atom stereocenters. The van der Waals surface area contributed by atoms with E-state index < -0.39 is 0 Å². The molecule has 0 saturated carbocycles. The maximum absolute atomic E-state index is 2.33. The van der Waals surface area contributed by atoms with Gasteiger partial charge in [-0.2, -0.15) is 0 Å². The molecule has 266 valence electrons. The summed E-state index contributed by atoms with van der Waals surface area (Å²) in [5.41, 5.74) is 19.1. The lowest BCUT2D eigenvalue weighted by atomic mass is 10.0. The zero-order chi connectivity index (χ0) is 37.6. The molecule has 0 N–H and O–H groups in total. The fourth-order valence-electron chi connectivity index (χ4n) is 6.82. The van der Waals surface area contributed by atoms with Crippen LogP contribution in [0, 0.1) is 41.5 Å². The molecule has 0 radical (unpaired) electrons. The van der Waals surface area contributed by atoms with Crippen LogP contribution < -0.4 is 9.80 Å². The normalized spacial score (nSPS) is 11.4. The molecular weight excluding hydrogens is 653 g/mol. The molecule has 7 aromatic carbocycles. The summed E-state index contributed by atoms with van der Waals surface area (Å²) in [5, 5.41) is 0. The summed E-state index contributed by atoms with van der Waals surface area (Å²) in [4.78, 5) is 4.66. The number of nitrogens with zero attached hydrogens (tertiary/aromatic N) is 2. The summed E-state index contributed by atoms with van der Waals surface area (Å²) >= 11 is 0. The highest BCUT2D eigenvalue weighted by Crippen LogP contribution is 2.37. The van der Waals surface area contributed by atoms with Crippen molar-refractivity contribution in [3.63, 3.8) is 0 Å². The zero-order valence-electron chi connectivity index (χ0n) is 32.2. The molecule has 0 aliphatic rings. The Bertz CT molecular complexity index is 2150.